The summed E-state index contributed by atoms with van der Waals surface area (Å²) in [5, 5.41) is 0. The lowest BCUT2D eigenvalue weighted by Gasteiger charge is -2.26. The second kappa shape index (κ2) is 8.44. The summed E-state index contributed by atoms with van der Waals surface area (Å²) in [6.07, 6.45) is 2.30. The van der Waals surface area contributed by atoms with Crippen molar-refractivity contribution in [3.8, 4) is 0 Å². The van der Waals surface area contributed by atoms with Gasteiger partial charge in [-0.05, 0) is 36.0 Å². The third kappa shape index (κ3) is 4.41. The molecule has 2 aromatic carbocycles. The van der Waals surface area contributed by atoms with Gasteiger partial charge in [-0.1, -0.05) is 46.8 Å². The lowest BCUT2D eigenvalue weighted by molar-refractivity contribution is 0.384. The molecule has 8 heteroatoms. The molecule has 0 heterocycles. The van der Waals surface area contributed by atoms with Crippen LogP contribution in [-0.4, -0.2) is 0 Å². The van der Waals surface area contributed by atoms with E-state index in [1.54, 1.807) is 0 Å². The first-order valence-corrected chi connectivity index (χ1v) is 10.5. The first-order valence-electron chi connectivity index (χ1n) is 10.5. The van der Waals surface area contributed by atoms with Gasteiger partial charge in [-0.2, -0.15) is 0 Å². The predicted molar refractivity (Wildman–Crippen MR) is 110 cm³/mol. The monoisotopic (exact) mass is 476 g/mol. The summed E-state index contributed by atoms with van der Waals surface area (Å²) in [6.45, 7) is 6.74. The number of hydrogen-bond donors (Lipinski definition) is 0. The minimum atomic E-state index is -1.61. The quantitative estimate of drug-likeness (QED) is 0.301. The average Bonchev–Trinajstić information content (AvgIpc) is 3.52. The van der Waals surface area contributed by atoms with Gasteiger partial charge in [0.1, 0.15) is 0 Å². The van der Waals surface area contributed by atoms with E-state index in [1.807, 2.05) is 0 Å². The largest absolute Gasteiger partial charge is 0.203 e. The van der Waals surface area contributed by atoms with E-state index >= 15 is 0 Å². The van der Waals surface area contributed by atoms with Crippen LogP contribution in [0, 0.1) is 46.5 Å². The molecule has 1 aliphatic rings. The smallest absolute Gasteiger partial charge is 0.169 e. The Labute approximate surface area is 187 Å². The van der Waals surface area contributed by atoms with Gasteiger partial charge < -0.3 is 0 Å². The lowest BCUT2D eigenvalue weighted by Crippen LogP contribution is -2.23. The maximum Gasteiger partial charge on any atom is 0.169 e. The Morgan fingerprint density at radius 1 is 0.636 bits per heavy atom. The van der Waals surface area contributed by atoms with Crippen molar-refractivity contribution < 1.29 is 35.1 Å². The van der Waals surface area contributed by atoms with E-state index in [-0.39, 0.29) is 6.42 Å². The minimum Gasteiger partial charge on any atom is -0.203 e. The Morgan fingerprint density at radius 2 is 1.06 bits per heavy atom. The fraction of sp³-hybridized carbons (Fsp3) is 0.440. The molecular formula is C25H24F8. The van der Waals surface area contributed by atoms with E-state index in [2.05, 4.69) is 0 Å². The number of hydrogen-bond acceptors (Lipinski definition) is 0. The second-order valence-corrected chi connectivity index (χ2v) is 10.1. The van der Waals surface area contributed by atoms with Crippen LogP contribution < -0.4 is 0 Å². The highest BCUT2D eigenvalue weighted by molar-refractivity contribution is 5.54. The van der Waals surface area contributed by atoms with E-state index in [0.717, 1.165) is 12.2 Å². The van der Waals surface area contributed by atoms with E-state index in [4.69, 9.17) is 0 Å². The Balaban J connectivity index is 1.99. The van der Waals surface area contributed by atoms with Crippen LogP contribution in [0.2, 0.25) is 0 Å². The van der Waals surface area contributed by atoms with Crippen LogP contribution in [0.15, 0.2) is 6.08 Å². The molecule has 0 aliphatic heterocycles. The molecule has 1 fully saturated rings. The normalized spacial score (nSPS) is 15.1. The maximum atomic E-state index is 14.7. The number of allylic oxidation sites excluding steroid dienone is 1. The minimum absolute atomic E-state index is 0.342. The van der Waals surface area contributed by atoms with Gasteiger partial charge >= 0.3 is 0 Å². The average molecular weight is 476 g/mol. The fourth-order valence-electron chi connectivity index (χ4n) is 4.00. The van der Waals surface area contributed by atoms with Gasteiger partial charge in [0.2, 0.25) is 0 Å². The molecule has 180 valence electrons. The summed E-state index contributed by atoms with van der Waals surface area (Å²) in [7, 11) is 0. The van der Waals surface area contributed by atoms with Crippen LogP contribution >= 0.6 is 0 Å². The SMILES string of the molecule is CC(C)(C)c1c(F)c(F)c(/C=C/CC(C)(C)c2c(F)c(F)c(C3CC3)c(F)c2F)c(F)c1F. The third-order valence-electron chi connectivity index (χ3n) is 5.92. The summed E-state index contributed by atoms with van der Waals surface area (Å²) in [4.78, 5) is 0. The van der Waals surface area contributed by atoms with Gasteiger partial charge in [-0.15, -0.1) is 0 Å². The van der Waals surface area contributed by atoms with Crippen LogP contribution in [0.1, 0.15) is 82.1 Å². The van der Waals surface area contributed by atoms with Crippen molar-refractivity contribution in [2.75, 3.05) is 0 Å². The molecule has 0 nitrogen and oxygen atoms in total. The van der Waals surface area contributed by atoms with Crippen molar-refractivity contribution in [1.82, 2.24) is 0 Å². The third-order valence-corrected chi connectivity index (χ3v) is 5.92. The molecule has 0 spiro atoms. The molecule has 0 unspecified atom stereocenters. The predicted octanol–water partition coefficient (Wildman–Crippen LogP) is 8.36. The van der Waals surface area contributed by atoms with Crippen molar-refractivity contribution in [2.45, 2.75) is 70.6 Å². The summed E-state index contributed by atoms with van der Waals surface area (Å²) < 4.78 is 116. The summed E-state index contributed by atoms with van der Waals surface area (Å²) in [5.74, 6) is -12.9. The van der Waals surface area contributed by atoms with Crippen LogP contribution in [0.25, 0.3) is 6.08 Å². The molecule has 0 radical (unpaired) electrons. The zero-order valence-electron chi connectivity index (χ0n) is 18.9. The Hall–Kier alpha value is -2.38. The van der Waals surface area contributed by atoms with E-state index in [1.165, 1.54) is 34.6 Å². The Morgan fingerprint density at radius 3 is 1.45 bits per heavy atom. The second-order valence-electron chi connectivity index (χ2n) is 10.1. The molecule has 0 saturated heterocycles. The van der Waals surface area contributed by atoms with Crippen molar-refractivity contribution in [3.63, 3.8) is 0 Å². The molecule has 0 atom stereocenters. The Kier molecular flexibility index (Phi) is 6.46. The highest BCUT2D eigenvalue weighted by Gasteiger charge is 2.39. The van der Waals surface area contributed by atoms with Gasteiger partial charge in [-0.3, -0.25) is 0 Å². The van der Waals surface area contributed by atoms with Gasteiger partial charge in [0, 0.05) is 16.7 Å². The van der Waals surface area contributed by atoms with Gasteiger partial charge in [-0.25, -0.2) is 35.1 Å². The summed E-state index contributed by atoms with van der Waals surface area (Å²) in [6, 6.07) is 0. The van der Waals surface area contributed by atoms with Crippen molar-refractivity contribution in [1.29, 1.82) is 0 Å². The summed E-state index contributed by atoms with van der Waals surface area (Å²) >= 11 is 0. The highest BCUT2D eigenvalue weighted by atomic mass is 19.2. The van der Waals surface area contributed by atoms with Crippen LogP contribution in [-0.2, 0) is 10.8 Å². The van der Waals surface area contributed by atoms with Crippen molar-refractivity contribution in [3.05, 3.63) is 74.9 Å². The van der Waals surface area contributed by atoms with E-state index < -0.39 is 85.5 Å². The number of rotatable bonds is 5. The standard InChI is InChI=1S/C25H24F8/c1-24(2,3)14-20(30)16(26)12(17(27)21(14)31)7-6-10-25(4,5)15-22(32)18(28)13(11-8-9-11)19(29)23(15)33/h6-7,11H,8-10H2,1-5H3/b7-6+. The van der Waals surface area contributed by atoms with Gasteiger partial charge in [0.15, 0.2) is 46.5 Å². The summed E-state index contributed by atoms with van der Waals surface area (Å²) in [5.41, 5.74) is -5.99. The zero-order chi connectivity index (χ0) is 25.0. The molecule has 2 aromatic rings. The van der Waals surface area contributed by atoms with E-state index in [0.29, 0.717) is 12.8 Å². The molecule has 0 N–H and O–H groups in total. The Bertz CT molecular complexity index is 1080. The maximum absolute atomic E-state index is 14.7. The molecule has 0 aromatic heterocycles. The lowest BCUT2D eigenvalue weighted by atomic mass is 9.79. The zero-order valence-corrected chi connectivity index (χ0v) is 18.9. The molecule has 0 amide bonds. The molecule has 33 heavy (non-hydrogen) atoms. The highest BCUT2D eigenvalue weighted by Crippen LogP contribution is 2.46. The molecule has 0 bridgehead atoms. The van der Waals surface area contributed by atoms with Crippen molar-refractivity contribution in [2.24, 2.45) is 0 Å². The topological polar surface area (TPSA) is 0 Å². The van der Waals surface area contributed by atoms with Gasteiger partial charge in [0.05, 0.1) is 5.56 Å². The first-order chi connectivity index (χ1) is 15.1. The number of benzene rings is 2. The first kappa shape index (κ1) is 25.2. The molecular weight excluding hydrogens is 452 g/mol. The molecule has 3 rings (SSSR count). The molecule has 1 saturated carbocycles. The molecule has 1 aliphatic carbocycles. The van der Waals surface area contributed by atoms with Gasteiger partial charge in [0.25, 0.3) is 0 Å². The number of halogens is 8. The fourth-order valence-corrected chi connectivity index (χ4v) is 4.00. The van der Waals surface area contributed by atoms with Crippen LogP contribution in [0.3, 0.4) is 0 Å². The van der Waals surface area contributed by atoms with Crippen LogP contribution in [0.4, 0.5) is 35.1 Å². The van der Waals surface area contributed by atoms with Crippen LogP contribution in [0.5, 0.6) is 0 Å². The van der Waals surface area contributed by atoms with E-state index in [9.17, 15) is 35.1 Å². The van der Waals surface area contributed by atoms with Crippen molar-refractivity contribution >= 4 is 6.08 Å².